The van der Waals surface area contributed by atoms with E-state index in [-0.39, 0.29) is 35.5 Å². The number of aromatic amines is 1. The number of hydrogen-bond donors (Lipinski definition) is 3. The smallest absolute Gasteiger partial charge is 0.289 e. The number of benzene rings is 1. The number of amides is 3. The molecule has 6 rings (SSSR count). The van der Waals surface area contributed by atoms with Crippen LogP contribution in [-0.2, 0) is 19.2 Å². The molecule has 212 valence electrons. The number of nitrogens with one attached hydrogen (secondary N) is 3. The Labute approximate surface area is 232 Å². The summed E-state index contributed by atoms with van der Waals surface area (Å²) in [5.74, 6) is -1.84. The molecule has 4 fully saturated rings. The average molecular weight is 549 g/mol. The molecule has 1 aliphatic heterocycles. The van der Waals surface area contributed by atoms with Gasteiger partial charge in [0.1, 0.15) is 23.3 Å². The number of carbonyl (C=O) groups excluding carboxylic acids is 5. The van der Waals surface area contributed by atoms with Crippen molar-refractivity contribution in [1.82, 2.24) is 20.5 Å². The van der Waals surface area contributed by atoms with Crippen molar-refractivity contribution in [3.05, 3.63) is 30.0 Å². The molecule has 2 heterocycles. The van der Waals surface area contributed by atoms with Gasteiger partial charge in [-0.1, -0.05) is 6.07 Å². The van der Waals surface area contributed by atoms with Crippen molar-refractivity contribution in [3.8, 4) is 5.75 Å². The number of Topliss-reactive ketones (excluding diaryl/α,β-unsaturated/α-hetero) is 2. The molecule has 3 unspecified atom stereocenters. The number of methoxy groups -OCH3 is 1. The first-order valence-corrected chi connectivity index (χ1v) is 14.4. The number of hydrogen-bond acceptors (Lipinski definition) is 6. The van der Waals surface area contributed by atoms with Gasteiger partial charge < -0.3 is 25.3 Å². The fourth-order valence-electron chi connectivity index (χ4n) is 6.38. The lowest BCUT2D eigenvalue weighted by molar-refractivity contribution is -0.141. The standard InChI is InChI=1S/C30H36N4O6/c1-40-25-7-3-5-20-19(25)15-22(32-20)29(39)34-13-12-30(10-11-30)16-23(34)27(37)33-21(14-17-4-2-6-24(17)35)26(36)28(38)31-18-8-9-18/h3,5,7,15,17-18,21,23,32H,2,4,6,8-14,16H2,1H3,(H,31,38)(H,33,37). The number of rotatable bonds is 9. The molecular formula is C30H36N4O6. The van der Waals surface area contributed by atoms with E-state index in [0.717, 1.165) is 49.4 Å². The lowest BCUT2D eigenvalue weighted by atomic mass is 9.86. The van der Waals surface area contributed by atoms with Gasteiger partial charge in [-0.2, -0.15) is 0 Å². The molecule has 3 aliphatic carbocycles. The number of aromatic nitrogens is 1. The van der Waals surface area contributed by atoms with E-state index in [2.05, 4.69) is 15.6 Å². The zero-order chi connectivity index (χ0) is 28.0. The van der Waals surface area contributed by atoms with Crippen LogP contribution in [0.4, 0.5) is 0 Å². The molecule has 2 aromatic rings. The maximum Gasteiger partial charge on any atom is 0.289 e. The van der Waals surface area contributed by atoms with Gasteiger partial charge in [0, 0.05) is 35.8 Å². The molecule has 10 heteroatoms. The first-order chi connectivity index (χ1) is 19.3. The van der Waals surface area contributed by atoms with Gasteiger partial charge in [0.15, 0.2) is 0 Å². The fourth-order valence-corrected chi connectivity index (χ4v) is 6.38. The Hall–Kier alpha value is -3.69. The minimum absolute atomic E-state index is 0.00275. The van der Waals surface area contributed by atoms with Crippen LogP contribution in [-0.4, -0.2) is 71.0 Å². The molecule has 1 spiro atoms. The minimum atomic E-state index is -1.11. The van der Waals surface area contributed by atoms with Crippen molar-refractivity contribution >= 4 is 40.2 Å². The van der Waals surface area contributed by atoms with Gasteiger partial charge in [0.2, 0.25) is 11.7 Å². The quantitative estimate of drug-likeness (QED) is 0.412. The van der Waals surface area contributed by atoms with Crippen LogP contribution in [0.15, 0.2) is 24.3 Å². The zero-order valence-corrected chi connectivity index (χ0v) is 22.8. The predicted molar refractivity (Wildman–Crippen MR) is 146 cm³/mol. The highest BCUT2D eigenvalue weighted by Gasteiger charge is 2.51. The van der Waals surface area contributed by atoms with Crippen molar-refractivity contribution < 1.29 is 28.7 Å². The van der Waals surface area contributed by atoms with Gasteiger partial charge in [-0.05, 0) is 81.4 Å². The van der Waals surface area contributed by atoms with E-state index >= 15 is 0 Å². The number of carbonyl (C=O) groups is 5. The normalized spacial score (nSPS) is 24.1. The van der Waals surface area contributed by atoms with E-state index in [4.69, 9.17) is 4.74 Å². The second-order valence-corrected chi connectivity index (χ2v) is 12.0. The molecule has 3 amide bonds. The van der Waals surface area contributed by atoms with Crippen molar-refractivity contribution in [2.75, 3.05) is 13.7 Å². The van der Waals surface area contributed by atoms with E-state index in [1.54, 1.807) is 18.1 Å². The van der Waals surface area contributed by atoms with Gasteiger partial charge in [0.05, 0.1) is 13.2 Å². The first-order valence-electron chi connectivity index (χ1n) is 14.4. The largest absolute Gasteiger partial charge is 0.496 e. The van der Waals surface area contributed by atoms with Gasteiger partial charge in [-0.25, -0.2) is 0 Å². The summed E-state index contributed by atoms with van der Waals surface area (Å²) in [7, 11) is 1.57. The molecule has 0 bridgehead atoms. The van der Waals surface area contributed by atoms with Crippen LogP contribution in [0.25, 0.3) is 10.9 Å². The molecule has 1 aromatic carbocycles. The molecule has 0 radical (unpaired) electrons. The molecule has 10 nitrogen and oxygen atoms in total. The van der Waals surface area contributed by atoms with E-state index in [1.165, 1.54) is 0 Å². The van der Waals surface area contributed by atoms with Gasteiger partial charge in [0.25, 0.3) is 11.8 Å². The Morgan fingerprint density at radius 2 is 1.95 bits per heavy atom. The highest BCUT2D eigenvalue weighted by Crippen LogP contribution is 2.55. The summed E-state index contributed by atoms with van der Waals surface area (Å²) < 4.78 is 5.44. The number of likely N-dealkylation sites (tertiary alicyclic amines) is 1. The van der Waals surface area contributed by atoms with Gasteiger partial charge in [-0.15, -0.1) is 0 Å². The summed E-state index contributed by atoms with van der Waals surface area (Å²) in [6.45, 7) is 0.422. The third-order valence-corrected chi connectivity index (χ3v) is 9.20. The number of fused-ring (bicyclic) bond motifs is 1. The van der Waals surface area contributed by atoms with Crippen LogP contribution in [0.1, 0.15) is 74.7 Å². The Kier molecular flexibility index (Phi) is 6.88. The number of ether oxygens (including phenoxy) is 1. The van der Waals surface area contributed by atoms with Crippen molar-refractivity contribution in [2.24, 2.45) is 11.3 Å². The molecule has 3 atom stereocenters. The topological polar surface area (TPSA) is 138 Å². The Bertz CT molecular complexity index is 1370. The average Bonchev–Trinajstić information content (AvgIpc) is 3.84. The summed E-state index contributed by atoms with van der Waals surface area (Å²) >= 11 is 0. The summed E-state index contributed by atoms with van der Waals surface area (Å²) in [6.07, 6.45) is 6.94. The maximum absolute atomic E-state index is 13.9. The number of piperidine rings is 1. The molecule has 1 saturated heterocycles. The summed E-state index contributed by atoms with van der Waals surface area (Å²) in [4.78, 5) is 70.7. The third kappa shape index (κ3) is 5.23. The number of H-pyrrole nitrogens is 1. The first kappa shape index (κ1) is 26.5. The van der Waals surface area contributed by atoms with E-state index in [0.29, 0.717) is 37.3 Å². The fraction of sp³-hybridized carbons (Fsp3) is 0.567. The summed E-state index contributed by atoms with van der Waals surface area (Å²) in [5, 5.41) is 6.32. The molecular weight excluding hydrogens is 512 g/mol. The van der Waals surface area contributed by atoms with E-state index in [9.17, 15) is 24.0 Å². The van der Waals surface area contributed by atoms with Crippen molar-refractivity contribution in [1.29, 1.82) is 0 Å². The van der Waals surface area contributed by atoms with Crippen LogP contribution in [0, 0.1) is 11.3 Å². The summed E-state index contributed by atoms with van der Waals surface area (Å²) in [6, 6.07) is 5.38. The second kappa shape index (κ2) is 10.4. The molecule has 40 heavy (non-hydrogen) atoms. The molecule has 1 aromatic heterocycles. The Morgan fingerprint density at radius 3 is 2.62 bits per heavy atom. The maximum atomic E-state index is 13.9. The number of ketones is 2. The van der Waals surface area contributed by atoms with Crippen LogP contribution >= 0.6 is 0 Å². The van der Waals surface area contributed by atoms with E-state index < -0.39 is 29.7 Å². The van der Waals surface area contributed by atoms with Gasteiger partial charge in [-0.3, -0.25) is 24.0 Å². The predicted octanol–water partition coefficient (Wildman–Crippen LogP) is 2.65. The molecule has 3 N–H and O–H groups in total. The second-order valence-electron chi connectivity index (χ2n) is 12.0. The summed E-state index contributed by atoms with van der Waals surface area (Å²) in [5.41, 5.74) is 1.15. The van der Waals surface area contributed by atoms with Crippen LogP contribution in [0.5, 0.6) is 5.75 Å². The highest BCUT2D eigenvalue weighted by molar-refractivity contribution is 6.38. The lowest BCUT2D eigenvalue weighted by Gasteiger charge is -2.39. The van der Waals surface area contributed by atoms with Crippen LogP contribution < -0.4 is 15.4 Å². The Balaban J connectivity index is 1.24. The Morgan fingerprint density at radius 1 is 1.15 bits per heavy atom. The number of nitrogens with zero attached hydrogens (tertiary/aromatic N) is 1. The molecule has 4 aliphatic rings. The van der Waals surface area contributed by atoms with E-state index in [1.807, 2.05) is 18.2 Å². The van der Waals surface area contributed by atoms with Crippen LogP contribution in [0.3, 0.4) is 0 Å². The van der Waals surface area contributed by atoms with Gasteiger partial charge >= 0.3 is 0 Å². The lowest BCUT2D eigenvalue weighted by Crippen LogP contribution is -2.58. The van der Waals surface area contributed by atoms with Crippen molar-refractivity contribution in [2.45, 2.75) is 82.3 Å². The highest BCUT2D eigenvalue weighted by atomic mass is 16.5. The molecule has 3 saturated carbocycles. The SMILES string of the molecule is COc1cccc2[nH]c(C(=O)N3CCC4(CC4)CC3C(=O)NC(CC3CCCC3=O)C(=O)C(=O)NC3CC3)cc12. The van der Waals surface area contributed by atoms with Crippen LogP contribution in [0.2, 0.25) is 0 Å². The van der Waals surface area contributed by atoms with Crippen molar-refractivity contribution in [3.63, 3.8) is 0 Å². The minimum Gasteiger partial charge on any atom is -0.496 e. The zero-order valence-electron chi connectivity index (χ0n) is 22.8. The monoisotopic (exact) mass is 548 g/mol. The third-order valence-electron chi connectivity index (χ3n) is 9.20.